The van der Waals surface area contributed by atoms with Crippen molar-refractivity contribution < 1.29 is 14.5 Å². The molecule has 0 spiro atoms. The number of furan rings is 1. The van der Waals surface area contributed by atoms with E-state index in [0.717, 1.165) is 10.9 Å². The second-order valence-electron chi connectivity index (χ2n) is 3.90. The zero-order chi connectivity index (χ0) is 11.0. The quantitative estimate of drug-likeness (QED) is 0.723. The van der Waals surface area contributed by atoms with Crippen LogP contribution in [0.3, 0.4) is 0 Å². The number of benzene rings is 1. The van der Waals surface area contributed by atoms with E-state index in [9.17, 15) is 10.0 Å². The number of hydrogen-bond acceptors (Lipinski definition) is 3. The number of hydrogen-bond donors (Lipinski definition) is 2. The van der Waals surface area contributed by atoms with Crippen LogP contribution < -0.4 is 5.66 Å². The lowest BCUT2D eigenvalue weighted by Gasteiger charge is -2.05. The fourth-order valence-electron chi connectivity index (χ4n) is 1.87. The van der Waals surface area contributed by atoms with Crippen molar-refractivity contribution in [1.82, 2.24) is 0 Å². The lowest BCUT2D eigenvalue weighted by Crippen LogP contribution is -2.31. The summed E-state index contributed by atoms with van der Waals surface area (Å²) in [6.07, 6.45) is 0. The molecule has 0 saturated heterocycles. The molecule has 0 fully saturated rings. The van der Waals surface area contributed by atoms with Gasteiger partial charge in [0.2, 0.25) is 0 Å². The Balaban J connectivity index is 2.75. The van der Waals surface area contributed by atoms with Crippen molar-refractivity contribution in [2.24, 2.45) is 0 Å². The Morgan fingerprint density at radius 2 is 1.87 bits per heavy atom. The van der Waals surface area contributed by atoms with Crippen LogP contribution in [0.4, 0.5) is 0 Å². The predicted molar refractivity (Wildman–Crippen MR) is 60.1 cm³/mol. The molecule has 1 aromatic heterocycles. The molecule has 2 N–H and O–H groups in total. The highest BCUT2D eigenvalue weighted by atomic mass is 16.4. The number of fused-ring (bicyclic) bond motifs is 1. The third-order valence-corrected chi connectivity index (χ3v) is 2.47. The van der Waals surface area contributed by atoms with Crippen LogP contribution in [0, 0.1) is 0 Å². The molecule has 0 unspecified atom stereocenters. The van der Waals surface area contributed by atoms with Crippen LogP contribution in [0.2, 0.25) is 0 Å². The first-order chi connectivity index (χ1) is 7.11. The van der Waals surface area contributed by atoms with Crippen LogP contribution in [0.25, 0.3) is 11.0 Å². The van der Waals surface area contributed by atoms with E-state index in [1.54, 1.807) is 0 Å². The van der Waals surface area contributed by atoms with Crippen molar-refractivity contribution in [2.75, 3.05) is 0 Å². The monoisotopic (exact) mass is 204 g/mol. The molecule has 0 aliphatic rings. The summed E-state index contributed by atoms with van der Waals surface area (Å²) >= 11 is 0. The SMILES string of the molecule is CC(C)c1c(B(O)O)oc2ccccc12. The highest BCUT2D eigenvalue weighted by Gasteiger charge is 2.25. The maximum atomic E-state index is 9.22. The van der Waals surface area contributed by atoms with Gasteiger partial charge in [0, 0.05) is 10.9 Å². The summed E-state index contributed by atoms with van der Waals surface area (Å²) < 4.78 is 5.42. The fraction of sp³-hybridized carbons (Fsp3) is 0.273. The summed E-state index contributed by atoms with van der Waals surface area (Å²) in [6, 6.07) is 7.54. The van der Waals surface area contributed by atoms with E-state index in [1.807, 2.05) is 38.1 Å². The summed E-state index contributed by atoms with van der Waals surface area (Å²) in [5, 5.41) is 19.4. The Morgan fingerprint density at radius 3 is 2.47 bits per heavy atom. The van der Waals surface area contributed by atoms with Gasteiger partial charge in [-0.05, 0) is 12.0 Å². The third kappa shape index (κ3) is 1.66. The Kier molecular flexibility index (Phi) is 2.55. The third-order valence-electron chi connectivity index (χ3n) is 2.47. The van der Waals surface area contributed by atoms with E-state index in [0.29, 0.717) is 5.58 Å². The van der Waals surface area contributed by atoms with Crippen molar-refractivity contribution in [3.63, 3.8) is 0 Å². The largest absolute Gasteiger partial charge is 0.526 e. The van der Waals surface area contributed by atoms with E-state index in [1.165, 1.54) is 0 Å². The molecular weight excluding hydrogens is 191 g/mol. The van der Waals surface area contributed by atoms with Crippen LogP contribution >= 0.6 is 0 Å². The number of rotatable bonds is 2. The molecule has 1 aromatic carbocycles. The highest BCUT2D eigenvalue weighted by molar-refractivity contribution is 6.58. The first-order valence-electron chi connectivity index (χ1n) is 4.98. The van der Waals surface area contributed by atoms with Gasteiger partial charge >= 0.3 is 7.12 Å². The molecule has 0 amide bonds. The molecule has 0 bridgehead atoms. The first-order valence-corrected chi connectivity index (χ1v) is 4.98. The van der Waals surface area contributed by atoms with E-state index < -0.39 is 7.12 Å². The Bertz CT molecular complexity index is 474. The zero-order valence-electron chi connectivity index (χ0n) is 8.77. The molecule has 0 atom stereocenters. The molecule has 1 heterocycles. The van der Waals surface area contributed by atoms with E-state index in [2.05, 4.69) is 0 Å². The molecule has 78 valence electrons. The molecule has 0 saturated carbocycles. The van der Waals surface area contributed by atoms with Crippen molar-refractivity contribution >= 4 is 23.7 Å². The van der Waals surface area contributed by atoms with E-state index in [4.69, 9.17) is 4.42 Å². The summed E-state index contributed by atoms with van der Waals surface area (Å²) in [4.78, 5) is 0. The average molecular weight is 204 g/mol. The van der Waals surface area contributed by atoms with Crippen molar-refractivity contribution in [3.8, 4) is 0 Å². The molecular formula is C11H13BO3. The van der Waals surface area contributed by atoms with Gasteiger partial charge in [-0.3, -0.25) is 0 Å². The normalized spacial score (nSPS) is 11.3. The topological polar surface area (TPSA) is 53.6 Å². The van der Waals surface area contributed by atoms with Gasteiger partial charge < -0.3 is 14.5 Å². The lowest BCUT2D eigenvalue weighted by atomic mass is 9.80. The van der Waals surface area contributed by atoms with Gasteiger partial charge in [-0.1, -0.05) is 32.0 Å². The van der Waals surface area contributed by atoms with Crippen LogP contribution in [0.15, 0.2) is 28.7 Å². The minimum atomic E-state index is -1.55. The molecule has 3 nitrogen and oxygen atoms in total. The minimum Gasteiger partial charge on any atom is -0.464 e. The molecule has 0 aliphatic heterocycles. The zero-order valence-corrected chi connectivity index (χ0v) is 8.77. The smallest absolute Gasteiger partial charge is 0.464 e. The van der Waals surface area contributed by atoms with Gasteiger partial charge in [-0.15, -0.1) is 0 Å². The fourth-order valence-corrected chi connectivity index (χ4v) is 1.87. The maximum absolute atomic E-state index is 9.22. The van der Waals surface area contributed by atoms with Gasteiger partial charge in [0.1, 0.15) is 11.2 Å². The van der Waals surface area contributed by atoms with Crippen LogP contribution in [0.5, 0.6) is 0 Å². The maximum Gasteiger partial charge on any atom is 0.526 e. The van der Waals surface area contributed by atoms with Crippen LogP contribution in [0.1, 0.15) is 25.3 Å². The average Bonchev–Trinajstić information content (AvgIpc) is 2.56. The van der Waals surface area contributed by atoms with Crippen LogP contribution in [-0.4, -0.2) is 17.2 Å². The highest BCUT2D eigenvalue weighted by Crippen LogP contribution is 2.25. The van der Waals surface area contributed by atoms with Gasteiger partial charge in [0.15, 0.2) is 0 Å². The van der Waals surface area contributed by atoms with E-state index in [-0.39, 0.29) is 11.6 Å². The Hall–Kier alpha value is -1.26. The minimum absolute atomic E-state index is 0.199. The van der Waals surface area contributed by atoms with Crippen LogP contribution in [-0.2, 0) is 0 Å². The van der Waals surface area contributed by atoms with Gasteiger partial charge in [-0.25, -0.2) is 0 Å². The van der Waals surface area contributed by atoms with Gasteiger partial charge in [0.05, 0.1) is 0 Å². The number of para-hydroxylation sites is 1. The molecule has 0 aliphatic carbocycles. The second-order valence-corrected chi connectivity index (χ2v) is 3.90. The Morgan fingerprint density at radius 1 is 1.20 bits per heavy atom. The summed E-state index contributed by atoms with van der Waals surface area (Å²) in [5.74, 6) is 0.199. The second kappa shape index (κ2) is 3.72. The van der Waals surface area contributed by atoms with Gasteiger partial charge in [-0.2, -0.15) is 0 Å². The van der Waals surface area contributed by atoms with Crippen molar-refractivity contribution in [2.45, 2.75) is 19.8 Å². The van der Waals surface area contributed by atoms with Gasteiger partial charge in [0.25, 0.3) is 0 Å². The molecule has 2 aromatic rings. The van der Waals surface area contributed by atoms with E-state index >= 15 is 0 Å². The molecule has 15 heavy (non-hydrogen) atoms. The first kappa shape index (κ1) is 10.3. The molecule has 2 rings (SSSR count). The van der Waals surface area contributed by atoms with Crippen molar-refractivity contribution in [1.29, 1.82) is 0 Å². The lowest BCUT2D eigenvalue weighted by molar-refractivity contribution is 0.411. The summed E-state index contributed by atoms with van der Waals surface area (Å²) in [6.45, 7) is 4.01. The predicted octanol–water partition coefficient (Wildman–Crippen LogP) is 1.24. The standard InChI is InChI=1S/C11H13BO3/c1-7(2)10-8-5-3-4-6-9(8)15-11(10)12(13)14/h3-7,13-14H,1-2H3. The summed E-state index contributed by atoms with van der Waals surface area (Å²) in [5.41, 5.74) is 1.83. The molecule has 0 radical (unpaired) electrons. The molecule has 4 heteroatoms. The Labute approximate surface area is 88.5 Å². The summed E-state index contributed by atoms with van der Waals surface area (Å²) in [7, 11) is -1.55. The van der Waals surface area contributed by atoms with Crippen molar-refractivity contribution in [3.05, 3.63) is 29.8 Å².